The minimum Gasteiger partial charge on any atom is -0.368 e. The van der Waals surface area contributed by atoms with Crippen molar-refractivity contribution in [3.63, 3.8) is 0 Å². The predicted molar refractivity (Wildman–Crippen MR) is 114 cm³/mol. The maximum atomic E-state index is 12.7. The number of carbonyl (C=O) groups is 1. The number of rotatable bonds is 5. The maximum Gasteiger partial charge on any atom is 0.241 e. The molecule has 6 nitrogen and oxygen atoms in total. The van der Waals surface area contributed by atoms with E-state index in [4.69, 9.17) is 11.6 Å². The largest absolute Gasteiger partial charge is 0.368 e. The van der Waals surface area contributed by atoms with Crippen molar-refractivity contribution in [1.29, 1.82) is 0 Å². The van der Waals surface area contributed by atoms with Gasteiger partial charge in [0.25, 0.3) is 0 Å². The molecule has 9 heteroatoms. The lowest BCUT2D eigenvalue weighted by atomic mass is 10.2. The van der Waals surface area contributed by atoms with Crippen LogP contribution in [0.3, 0.4) is 0 Å². The van der Waals surface area contributed by atoms with Gasteiger partial charge in [-0.2, -0.15) is 4.72 Å². The number of nitrogens with zero attached hydrogens (tertiary/aromatic N) is 2. The molecule has 0 bridgehead atoms. The van der Waals surface area contributed by atoms with Crippen LogP contribution in [0.4, 0.5) is 5.69 Å². The number of piperazine rings is 1. The van der Waals surface area contributed by atoms with Crippen LogP contribution in [0.15, 0.2) is 57.9 Å². The number of carbonyl (C=O) groups excluding carboxylic acids is 1. The van der Waals surface area contributed by atoms with E-state index in [9.17, 15) is 13.2 Å². The first-order chi connectivity index (χ1) is 13.3. The lowest BCUT2D eigenvalue weighted by Crippen LogP contribution is -2.54. The number of amides is 1. The normalized spacial score (nSPS) is 16.1. The fourth-order valence-corrected chi connectivity index (χ4v) is 4.74. The fourth-order valence-electron chi connectivity index (χ4n) is 3.10. The van der Waals surface area contributed by atoms with Crippen LogP contribution in [0.2, 0.25) is 5.02 Å². The van der Waals surface area contributed by atoms with Crippen LogP contribution in [-0.2, 0) is 14.8 Å². The van der Waals surface area contributed by atoms with Gasteiger partial charge in [0, 0.05) is 41.4 Å². The summed E-state index contributed by atoms with van der Waals surface area (Å²) in [4.78, 5) is 16.7. The monoisotopic (exact) mass is 485 g/mol. The molecule has 0 unspecified atom stereocenters. The van der Waals surface area contributed by atoms with E-state index in [1.165, 1.54) is 12.1 Å². The molecule has 1 aliphatic rings. The Morgan fingerprint density at radius 2 is 1.75 bits per heavy atom. The fraction of sp³-hybridized carbons (Fsp3) is 0.316. The van der Waals surface area contributed by atoms with Gasteiger partial charge in [-0.05, 0) is 49.4 Å². The molecule has 3 rings (SSSR count). The zero-order valence-electron chi connectivity index (χ0n) is 15.3. The average molecular weight is 487 g/mol. The highest BCUT2D eigenvalue weighted by atomic mass is 79.9. The molecular weight excluding hydrogens is 466 g/mol. The van der Waals surface area contributed by atoms with Crippen LogP contribution in [0.5, 0.6) is 0 Å². The summed E-state index contributed by atoms with van der Waals surface area (Å²) in [5.41, 5.74) is 1.02. The summed E-state index contributed by atoms with van der Waals surface area (Å²) in [6.07, 6.45) is 0. The van der Waals surface area contributed by atoms with Crippen LogP contribution in [0, 0.1) is 0 Å². The molecule has 1 heterocycles. The van der Waals surface area contributed by atoms with Crippen LogP contribution >= 0.6 is 27.5 Å². The Bertz CT molecular complexity index is 945. The van der Waals surface area contributed by atoms with E-state index in [-0.39, 0.29) is 10.8 Å². The van der Waals surface area contributed by atoms with Crippen molar-refractivity contribution >= 4 is 49.1 Å². The molecule has 0 radical (unpaired) electrons. The first kappa shape index (κ1) is 21.1. The molecular formula is C19H21BrClN3O3S. The highest BCUT2D eigenvalue weighted by molar-refractivity contribution is 9.10. The number of sulfonamides is 1. The van der Waals surface area contributed by atoms with Gasteiger partial charge in [0.2, 0.25) is 15.9 Å². The highest BCUT2D eigenvalue weighted by Gasteiger charge is 2.28. The molecule has 150 valence electrons. The van der Waals surface area contributed by atoms with Gasteiger partial charge in [-0.15, -0.1) is 0 Å². The number of hydrogen-bond acceptors (Lipinski definition) is 4. The van der Waals surface area contributed by atoms with Gasteiger partial charge in [-0.3, -0.25) is 4.79 Å². The Kier molecular flexibility index (Phi) is 6.65. The second-order valence-electron chi connectivity index (χ2n) is 6.59. The summed E-state index contributed by atoms with van der Waals surface area (Å²) in [7, 11) is -3.76. The van der Waals surface area contributed by atoms with Crippen LogP contribution in [-0.4, -0.2) is 51.4 Å². The molecule has 0 aliphatic carbocycles. The summed E-state index contributed by atoms with van der Waals surface area (Å²) in [6, 6.07) is 13.0. The minimum absolute atomic E-state index is 0.126. The summed E-state index contributed by atoms with van der Waals surface area (Å²) >= 11 is 9.32. The third-order valence-electron chi connectivity index (χ3n) is 4.59. The predicted octanol–water partition coefficient (Wildman–Crippen LogP) is 3.12. The molecule has 1 aliphatic heterocycles. The van der Waals surface area contributed by atoms with E-state index in [2.05, 4.69) is 25.6 Å². The van der Waals surface area contributed by atoms with Gasteiger partial charge in [-0.1, -0.05) is 33.6 Å². The van der Waals surface area contributed by atoms with Gasteiger partial charge < -0.3 is 9.80 Å². The van der Waals surface area contributed by atoms with E-state index in [0.717, 1.165) is 10.2 Å². The second-order valence-corrected chi connectivity index (χ2v) is 9.66. The average Bonchev–Trinajstić information content (AvgIpc) is 2.67. The minimum atomic E-state index is -3.76. The Balaban J connectivity index is 1.59. The molecule has 1 N–H and O–H groups in total. The molecule has 28 heavy (non-hydrogen) atoms. The maximum absolute atomic E-state index is 12.7. The summed E-state index contributed by atoms with van der Waals surface area (Å²) in [5, 5.41) is 0.673. The Hall–Kier alpha value is -1.61. The van der Waals surface area contributed by atoms with Crippen LogP contribution in [0.25, 0.3) is 0 Å². The number of halogens is 2. The van der Waals surface area contributed by atoms with Gasteiger partial charge >= 0.3 is 0 Å². The number of anilines is 1. The summed E-state index contributed by atoms with van der Waals surface area (Å²) in [6.45, 7) is 3.95. The van der Waals surface area contributed by atoms with Crippen LogP contribution < -0.4 is 9.62 Å². The first-order valence-corrected chi connectivity index (χ1v) is 11.5. The topological polar surface area (TPSA) is 69.7 Å². The molecule has 1 saturated heterocycles. The van der Waals surface area contributed by atoms with Crippen molar-refractivity contribution in [2.45, 2.75) is 17.9 Å². The van der Waals surface area contributed by atoms with Crippen LogP contribution in [0.1, 0.15) is 6.92 Å². The van der Waals surface area contributed by atoms with Crippen molar-refractivity contribution < 1.29 is 13.2 Å². The van der Waals surface area contributed by atoms with E-state index >= 15 is 0 Å². The SMILES string of the molecule is C[C@@H](NS(=O)(=O)c1ccc(Br)cc1)C(=O)N1CCN(c2cccc(Cl)c2)CC1. The van der Waals surface area contributed by atoms with E-state index in [1.54, 1.807) is 24.0 Å². The van der Waals surface area contributed by atoms with Crippen molar-refractivity contribution in [2.24, 2.45) is 0 Å². The number of nitrogens with one attached hydrogen (secondary N) is 1. The molecule has 2 aromatic carbocycles. The number of hydrogen-bond donors (Lipinski definition) is 1. The van der Waals surface area contributed by atoms with Gasteiger partial charge in [0.05, 0.1) is 10.9 Å². The molecule has 0 aromatic heterocycles. The van der Waals surface area contributed by atoms with E-state index in [0.29, 0.717) is 31.2 Å². The third kappa shape index (κ3) is 5.05. The standard InChI is InChI=1S/C19H21BrClN3O3S/c1-14(22-28(26,27)18-7-5-15(20)6-8-18)19(25)24-11-9-23(10-12-24)17-4-2-3-16(21)13-17/h2-8,13-14,22H,9-12H2,1H3/t14-/m1/s1. The first-order valence-electron chi connectivity index (χ1n) is 8.83. The Labute approximate surface area is 178 Å². The lowest BCUT2D eigenvalue weighted by molar-refractivity contribution is -0.132. The third-order valence-corrected chi connectivity index (χ3v) is 6.91. The van der Waals surface area contributed by atoms with Gasteiger partial charge in [0.1, 0.15) is 0 Å². The summed E-state index contributed by atoms with van der Waals surface area (Å²) < 4.78 is 28.2. The van der Waals surface area contributed by atoms with Crippen molar-refractivity contribution in [2.75, 3.05) is 31.1 Å². The second kappa shape index (κ2) is 8.82. The lowest BCUT2D eigenvalue weighted by Gasteiger charge is -2.37. The van der Waals surface area contributed by atoms with E-state index in [1.807, 2.05) is 24.3 Å². The van der Waals surface area contributed by atoms with Gasteiger partial charge in [0.15, 0.2) is 0 Å². The van der Waals surface area contributed by atoms with Crippen molar-refractivity contribution in [3.05, 3.63) is 58.0 Å². The van der Waals surface area contributed by atoms with Crippen molar-refractivity contribution in [3.8, 4) is 0 Å². The zero-order valence-corrected chi connectivity index (χ0v) is 18.5. The highest BCUT2D eigenvalue weighted by Crippen LogP contribution is 2.21. The number of benzene rings is 2. The molecule has 0 spiro atoms. The molecule has 2 aromatic rings. The summed E-state index contributed by atoms with van der Waals surface area (Å²) in [5.74, 6) is -0.230. The Morgan fingerprint density at radius 3 is 2.36 bits per heavy atom. The quantitative estimate of drug-likeness (QED) is 0.705. The molecule has 1 amide bonds. The Morgan fingerprint density at radius 1 is 1.11 bits per heavy atom. The van der Waals surface area contributed by atoms with Crippen molar-refractivity contribution in [1.82, 2.24) is 9.62 Å². The molecule has 0 saturated carbocycles. The molecule has 1 fully saturated rings. The zero-order chi connectivity index (χ0) is 20.3. The van der Waals surface area contributed by atoms with E-state index < -0.39 is 16.1 Å². The molecule has 1 atom stereocenters. The smallest absolute Gasteiger partial charge is 0.241 e. The van der Waals surface area contributed by atoms with Gasteiger partial charge in [-0.25, -0.2) is 8.42 Å².